The van der Waals surface area contributed by atoms with Gasteiger partial charge in [-0.3, -0.25) is 14.4 Å². The van der Waals surface area contributed by atoms with E-state index in [0.717, 1.165) is 44.5 Å². The fraction of sp³-hybridized carbons (Fsp3) is 0.516. The van der Waals surface area contributed by atoms with Crippen LogP contribution in [0.4, 0.5) is 11.4 Å². The summed E-state index contributed by atoms with van der Waals surface area (Å²) in [6.07, 6.45) is 4.41. The average molecular weight is 567 g/mol. The molecule has 0 aliphatic carbocycles. The Morgan fingerprint density at radius 1 is 1.24 bits per heavy atom. The van der Waals surface area contributed by atoms with E-state index in [9.17, 15) is 19.5 Å². The normalized spacial score (nSPS) is 15.7. The van der Waals surface area contributed by atoms with Gasteiger partial charge in [0, 0.05) is 49.3 Å². The molecule has 2 heterocycles. The molecule has 1 fully saturated rings. The Morgan fingerprint density at radius 2 is 1.95 bits per heavy atom. The fourth-order valence-corrected chi connectivity index (χ4v) is 4.97. The molecule has 2 atom stereocenters. The van der Waals surface area contributed by atoms with Gasteiger partial charge in [-0.15, -0.1) is 0 Å². The summed E-state index contributed by atoms with van der Waals surface area (Å²) in [5.41, 5.74) is 2.71. The average Bonchev–Trinajstić information content (AvgIpc) is 2.96. The van der Waals surface area contributed by atoms with Crippen molar-refractivity contribution in [2.24, 2.45) is 5.92 Å². The van der Waals surface area contributed by atoms with E-state index in [4.69, 9.17) is 0 Å². The van der Waals surface area contributed by atoms with Gasteiger partial charge in [-0.05, 0) is 76.1 Å². The van der Waals surface area contributed by atoms with Gasteiger partial charge in [-0.2, -0.15) is 0 Å². The van der Waals surface area contributed by atoms with Crippen molar-refractivity contribution in [3.63, 3.8) is 0 Å². The van der Waals surface area contributed by atoms with Crippen LogP contribution in [0.3, 0.4) is 0 Å². The second-order valence-corrected chi connectivity index (χ2v) is 11.2. The van der Waals surface area contributed by atoms with E-state index in [1.165, 1.54) is 6.20 Å². The molecule has 10 nitrogen and oxygen atoms in total. The predicted octanol–water partition coefficient (Wildman–Crippen LogP) is 3.15. The van der Waals surface area contributed by atoms with Crippen molar-refractivity contribution in [2.45, 2.75) is 52.2 Å². The van der Waals surface area contributed by atoms with E-state index in [0.29, 0.717) is 46.9 Å². The van der Waals surface area contributed by atoms with E-state index in [1.807, 2.05) is 6.92 Å². The molecule has 224 valence electrons. The van der Waals surface area contributed by atoms with Crippen LogP contribution in [-0.2, 0) is 0 Å². The number of likely N-dealkylation sites (tertiary alicyclic amines) is 1. The third-order valence-electron chi connectivity index (χ3n) is 7.96. The third-order valence-corrected chi connectivity index (χ3v) is 7.96. The van der Waals surface area contributed by atoms with Crippen LogP contribution in [0.25, 0.3) is 5.70 Å². The zero-order chi connectivity index (χ0) is 30.1. The lowest BCUT2D eigenvalue weighted by Gasteiger charge is -2.35. The highest BCUT2D eigenvalue weighted by molar-refractivity contribution is 6.03. The summed E-state index contributed by atoms with van der Waals surface area (Å²) in [5, 5.41) is 20.0. The maximum Gasteiger partial charge on any atom is 0.259 e. The fourth-order valence-electron chi connectivity index (χ4n) is 4.97. The van der Waals surface area contributed by atoms with Crippen LogP contribution in [0.5, 0.6) is 0 Å². The van der Waals surface area contributed by atoms with E-state index in [-0.39, 0.29) is 29.6 Å². The molecule has 5 N–H and O–H groups in total. The van der Waals surface area contributed by atoms with Crippen LogP contribution in [0.15, 0.2) is 35.8 Å². The minimum absolute atomic E-state index is 0.126. The number of hydrogen-bond acceptors (Lipinski definition) is 8. The monoisotopic (exact) mass is 566 g/mol. The zero-order valence-electron chi connectivity index (χ0n) is 25.0. The van der Waals surface area contributed by atoms with Crippen molar-refractivity contribution in [2.75, 3.05) is 57.5 Å². The molecule has 2 aromatic rings. The van der Waals surface area contributed by atoms with E-state index in [1.54, 1.807) is 30.1 Å². The van der Waals surface area contributed by atoms with Gasteiger partial charge in [0.1, 0.15) is 0 Å². The second kappa shape index (κ2) is 15.0. The Balaban J connectivity index is 1.73. The van der Waals surface area contributed by atoms with Crippen molar-refractivity contribution in [1.29, 1.82) is 0 Å². The number of nitrogens with zero attached hydrogens (tertiary/aromatic N) is 2. The van der Waals surface area contributed by atoms with Gasteiger partial charge >= 0.3 is 0 Å². The maximum absolute atomic E-state index is 13.4. The van der Waals surface area contributed by atoms with Crippen molar-refractivity contribution < 1.29 is 14.7 Å². The number of anilines is 2. The number of aromatic amines is 1. The number of aldehydes is 1. The quantitative estimate of drug-likeness (QED) is 0.221. The topological polar surface area (TPSA) is 130 Å². The number of rotatable bonds is 14. The molecular weight excluding hydrogens is 520 g/mol. The molecule has 10 heteroatoms. The molecule has 2 unspecified atom stereocenters. The van der Waals surface area contributed by atoms with Gasteiger partial charge in [0.2, 0.25) is 0 Å². The molecule has 1 saturated heterocycles. The van der Waals surface area contributed by atoms with Crippen LogP contribution in [0, 0.1) is 12.8 Å². The number of hydrogen-bond donors (Lipinski definition) is 5. The Hall–Kier alpha value is -3.47. The first-order valence-corrected chi connectivity index (χ1v) is 14.4. The van der Waals surface area contributed by atoms with Crippen molar-refractivity contribution in [1.82, 2.24) is 20.1 Å². The van der Waals surface area contributed by atoms with Crippen LogP contribution in [0.2, 0.25) is 0 Å². The molecule has 1 aliphatic heterocycles. The summed E-state index contributed by atoms with van der Waals surface area (Å²) in [7, 11) is 3.87. The Labute approximate surface area is 243 Å². The number of nitrogens with one attached hydrogen (secondary N) is 4. The van der Waals surface area contributed by atoms with Crippen LogP contribution >= 0.6 is 0 Å². The number of aromatic nitrogens is 1. The highest BCUT2D eigenvalue weighted by atomic mass is 16.3. The highest BCUT2D eigenvalue weighted by Gasteiger charge is 2.26. The standard InChI is InChI=1S/C31H46N6O4/c1-7-20(2)16-32-17-25(39)18-34-27-8-11-33-30(40)29(27)22(4)35-28-15-23(19-38)26(14-21(28)3)31(41)37(6)24-9-12-36(5)13-10-24/h8,11,14-15,19-20,24-25,32,35,39H,4,7,9-10,12-13,16-18H2,1-3,5-6H3,(H2,33,34,40). The number of aliphatic hydroxyl groups excluding tert-OH is 1. The largest absolute Gasteiger partial charge is 0.390 e. The lowest BCUT2D eigenvalue weighted by atomic mass is 9.99. The molecule has 1 aromatic carbocycles. The summed E-state index contributed by atoms with van der Waals surface area (Å²) >= 11 is 0. The van der Waals surface area contributed by atoms with E-state index in [2.05, 4.69) is 53.3 Å². The molecule has 1 aromatic heterocycles. The maximum atomic E-state index is 13.4. The van der Waals surface area contributed by atoms with Crippen molar-refractivity contribution >= 4 is 29.3 Å². The molecule has 1 amide bonds. The van der Waals surface area contributed by atoms with Crippen LogP contribution in [-0.4, -0.2) is 91.0 Å². The van der Waals surface area contributed by atoms with E-state index < -0.39 is 6.10 Å². The Bertz CT molecular complexity index is 1270. The molecule has 0 spiro atoms. The number of amides is 1. The van der Waals surface area contributed by atoms with Crippen molar-refractivity contribution in [3.05, 3.63) is 63.6 Å². The number of carbonyl (C=O) groups is 2. The Morgan fingerprint density at radius 3 is 2.61 bits per heavy atom. The Kier molecular flexibility index (Phi) is 11.7. The highest BCUT2D eigenvalue weighted by Crippen LogP contribution is 2.27. The molecule has 1 aliphatic rings. The van der Waals surface area contributed by atoms with E-state index >= 15 is 0 Å². The number of carbonyl (C=O) groups excluding carboxylic acids is 2. The van der Waals surface area contributed by atoms with Gasteiger partial charge in [0.25, 0.3) is 11.5 Å². The van der Waals surface area contributed by atoms with Gasteiger partial charge in [-0.1, -0.05) is 26.8 Å². The number of pyridine rings is 1. The van der Waals surface area contributed by atoms with Crippen LogP contribution in [0.1, 0.15) is 65.0 Å². The first-order chi connectivity index (χ1) is 19.5. The lowest BCUT2D eigenvalue weighted by molar-refractivity contribution is 0.0657. The van der Waals surface area contributed by atoms with Gasteiger partial charge in [0.05, 0.1) is 22.9 Å². The minimum atomic E-state index is -0.650. The predicted molar refractivity (Wildman–Crippen MR) is 166 cm³/mol. The summed E-state index contributed by atoms with van der Waals surface area (Å²) in [5.74, 6) is 0.345. The first kappa shape index (κ1) is 32.0. The van der Waals surface area contributed by atoms with Crippen LogP contribution < -0.4 is 21.5 Å². The smallest absolute Gasteiger partial charge is 0.259 e. The number of benzene rings is 1. The summed E-state index contributed by atoms with van der Waals surface area (Å²) in [6.45, 7) is 13.6. The van der Waals surface area contributed by atoms with Crippen molar-refractivity contribution in [3.8, 4) is 0 Å². The molecular formula is C31H46N6O4. The van der Waals surface area contributed by atoms with Gasteiger partial charge in [0.15, 0.2) is 6.29 Å². The second-order valence-electron chi connectivity index (χ2n) is 11.2. The van der Waals surface area contributed by atoms with Gasteiger partial charge < -0.3 is 35.8 Å². The minimum Gasteiger partial charge on any atom is -0.390 e. The first-order valence-electron chi connectivity index (χ1n) is 14.4. The molecule has 0 bridgehead atoms. The molecule has 41 heavy (non-hydrogen) atoms. The number of piperidine rings is 1. The summed E-state index contributed by atoms with van der Waals surface area (Å²) in [6, 6.07) is 5.18. The lowest BCUT2D eigenvalue weighted by Crippen LogP contribution is -2.44. The third kappa shape index (κ3) is 8.51. The number of H-pyrrole nitrogens is 1. The summed E-state index contributed by atoms with van der Waals surface area (Å²) < 4.78 is 0. The molecule has 0 saturated carbocycles. The zero-order valence-corrected chi connectivity index (χ0v) is 25.0. The number of aryl methyl sites for hydroxylation is 1. The molecule has 3 rings (SSSR count). The molecule has 0 radical (unpaired) electrons. The number of aliphatic hydroxyl groups is 1. The van der Waals surface area contributed by atoms with Gasteiger partial charge in [-0.25, -0.2) is 0 Å². The summed E-state index contributed by atoms with van der Waals surface area (Å²) in [4.78, 5) is 44.9. The SMILES string of the molecule is C=C(Nc1cc(C=O)c(C(=O)N(C)C2CCN(C)CC2)cc1C)c1c(NCC(O)CNCC(C)CC)cc[nH]c1=O.